The molecule has 0 amide bonds. The van der Waals surface area contributed by atoms with Gasteiger partial charge in [-0.15, -0.1) is 0 Å². The van der Waals surface area contributed by atoms with Gasteiger partial charge in [0.25, 0.3) is 0 Å². The van der Waals surface area contributed by atoms with E-state index in [1.807, 2.05) is 0 Å². The summed E-state index contributed by atoms with van der Waals surface area (Å²) in [6, 6.07) is 4.61. The summed E-state index contributed by atoms with van der Waals surface area (Å²) in [4.78, 5) is 11.5. The summed E-state index contributed by atoms with van der Waals surface area (Å²) in [5.74, 6) is -0.726. The van der Waals surface area contributed by atoms with E-state index >= 15 is 0 Å². The average molecular weight is 327 g/mol. The van der Waals surface area contributed by atoms with Crippen LogP contribution in [0.2, 0.25) is 0 Å². The first kappa shape index (κ1) is 13.7. The number of carbonyl (C=O) groups is 1. The van der Waals surface area contributed by atoms with Gasteiger partial charge in [0.05, 0.1) is 24.9 Å². The van der Waals surface area contributed by atoms with Crippen molar-refractivity contribution in [2.75, 3.05) is 6.61 Å². The predicted molar refractivity (Wildman–Crippen MR) is 71.4 cm³/mol. The van der Waals surface area contributed by atoms with E-state index in [1.54, 1.807) is 23.9 Å². The quantitative estimate of drug-likeness (QED) is 0.811. The van der Waals surface area contributed by atoms with E-state index < -0.39 is 5.97 Å². The highest BCUT2D eigenvalue weighted by molar-refractivity contribution is 9.10. The number of carbonyl (C=O) groups excluding carboxylic acids is 1. The first-order valence-corrected chi connectivity index (χ1v) is 6.52. The normalized spacial score (nSPS) is 10.5. The molecule has 6 heteroatoms. The fourth-order valence-corrected chi connectivity index (χ4v) is 2.17. The van der Waals surface area contributed by atoms with Crippen LogP contribution in [0.1, 0.15) is 22.8 Å². The third-order valence-electron chi connectivity index (χ3n) is 2.41. The molecule has 0 spiro atoms. The number of benzene rings is 1. The molecular formula is C13H12BrFN2O2. The molecule has 4 nitrogen and oxygen atoms in total. The van der Waals surface area contributed by atoms with Gasteiger partial charge in [-0.2, -0.15) is 5.10 Å². The van der Waals surface area contributed by atoms with E-state index in [9.17, 15) is 9.18 Å². The van der Waals surface area contributed by atoms with Gasteiger partial charge in [-0.3, -0.25) is 4.68 Å². The molecule has 1 heterocycles. The molecule has 0 atom stereocenters. The summed E-state index contributed by atoms with van der Waals surface area (Å²) in [5, 5.41) is 4.05. The fraction of sp³-hybridized carbons (Fsp3) is 0.231. The van der Waals surface area contributed by atoms with E-state index in [1.165, 1.54) is 18.3 Å². The maximum absolute atomic E-state index is 13.2. The van der Waals surface area contributed by atoms with Crippen molar-refractivity contribution in [2.45, 2.75) is 13.5 Å². The third-order valence-corrected chi connectivity index (χ3v) is 2.87. The molecule has 2 aromatic rings. The van der Waals surface area contributed by atoms with Crippen LogP contribution in [0.15, 0.2) is 35.1 Å². The lowest BCUT2D eigenvalue weighted by Crippen LogP contribution is -2.04. The second-order valence-corrected chi connectivity index (χ2v) is 4.84. The van der Waals surface area contributed by atoms with Crippen LogP contribution in [0.4, 0.5) is 4.39 Å². The Labute approximate surface area is 118 Å². The van der Waals surface area contributed by atoms with Gasteiger partial charge in [0.1, 0.15) is 5.82 Å². The first-order chi connectivity index (χ1) is 9.08. The molecule has 19 heavy (non-hydrogen) atoms. The summed E-state index contributed by atoms with van der Waals surface area (Å²) in [6.07, 6.45) is 3.02. The number of esters is 1. The molecule has 1 aromatic carbocycles. The average Bonchev–Trinajstić information content (AvgIpc) is 2.76. The number of hydrogen-bond acceptors (Lipinski definition) is 3. The van der Waals surface area contributed by atoms with Crippen LogP contribution in [0.25, 0.3) is 0 Å². The van der Waals surface area contributed by atoms with Crippen LogP contribution in [0.3, 0.4) is 0 Å². The summed E-state index contributed by atoms with van der Waals surface area (Å²) in [6.45, 7) is 2.45. The minimum Gasteiger partial charge on any atom is -0.462 e. The Morgan fingerprint density at radius 1 is 1.47 bits per heavy atom. The highest BCUT2D eigenvalue weighted by Gasteiger charge is 2.09. The number of aromatic nitrogens is 2. The zero-order valence-corrected chi connectivity index (χ0v) is 11.9. The minimum absolute atomic E-state index is 0.317. The van der Waals surface area contributed by atoms with Crippen molar-refractivity contribution in [3.8, 4) is 0 Å². The lowest BCUT2D eigenvalue weighted by atomic mass is 10.2. The molecule has 0 saturated heterocycles. The van der Waals surface area contributed by atoms with Crippen molar-refractivity contribution in [1.82, 2.24) is 9.78 Å². The predicted octanol–water partition coefficient (Wildman–Crippen LogP) is 3.01. The molecule has 0 unspecified atom stereocenters. The molecule has 0 aliphatic rings. The van der Waals surface area contributed by atoms with Crippen LogP contribution >= 0.6 is 15.9 Å². The number of nitrogens with zero attached hydrogens (tertiary/aromatic N) is 2. The number of ether oxygens (including phenoxy) is 1. The smallest absolute Gasteiger partial charge is 0.341 e. The van der Waals surface area contributed by atoms with E-state index in [0.717, 1.165) is 5.56 Å². The van der Waals surface area contributed by atoms with Crippen molar-refractivity contribution in [1.29, 1.82) is 0 Å². The molecular weight excluding hydrogens is 315 g/mol. The number of hydrogen-bond donors (Lipinski definition) is 0. The third kappa shape index (κ3) is 3.64. The summed E-state index contributed by atoms with van der Waals surface area (Å²) < 4.78 is 20.3. The molecule has 0 saturated carbocycles. The molecule has 0 N–H and O–H groups in total. The van der Waals surface area contributed by atoms with Crippen molar-refractivity contribution in [3.05, 3.63) is 52.0 Å². The van der Waals surface area contributed by atoms with Gasteiger partial charge in [-0.25, -0.2) is 9.18 Å². The van der Waals surface area contributed by atoms with Gasteiger partial charge in [0, 0.05) is 10.7 Å². The molecule has 0 fully saturated rings. The minimum atomic E-state index is -0.408. The Balaban J connectivity index is 2.13. The molecule has 0 aliphatic heterocycles. The van der Waals surface area contributed by atoms with Crippen LogP contribution in [-0.2, 0) is 11.3 Å². The summed E-state index contributed by atoms with van der Waals surface area (Å²) in [5.41, 5.74) is 1.14. The highest BCUT2D eigenvalue weighted by Crippen LogP contribution is 2.16. The van der Waals surface area contributed by atoms with Gasteiger partial charge >= 0.3 is 5.97 Å². The molecule has 0 radical (unpaired) electrons. The second kappa shape index (κ2) is 5.97. The zero-order chi connectivity index (χ0) is 13.8. The first-order valence-electron chi connectivity index (χ1n) is 5.73. The van der Waals surface area contributed by atoms with Crippen molar-refractivity contribution in [2.24, 2.45) is 0 Å². The van der Waals surface area contributed by atoms with Crippen LogP contribution in [-0.4, -0.2) is 22.4 Å². The van der Waals surface area contributed by atoms with Crippen molar-refractivity contribution >= 4 is 21.9 Å². The lowest BCUT2D eigenvalue weighted by Gasteiger charge is -2.03. The maximum Gasteiger partial charge on any atom is 0.341 e. The van der Waals surface area contributed by atoms with Crippen LogP contribution < -0.4 is 0 Å². The Kier molecular flexibility index (Phi) is 4.31. The van der Waals surface area contributed by atoms with Gasteiger partial charge < -0.3 is 4.74 Å². The monoisotopic (exact) mass is 326 g/mol. The molecule has 2 rings (SSSR count). The summed E-state index contributed by atoms with van der Waals surface area (Å²) >= 11 is 3.23. The van der Waals surface area contributed by atoms with Gasteiger partial charge in [0.15, 0.2) is 0 Å². The largest absolute Gasteiger partial charge is 0.462 e. The molecule has 0 aliphatic carbocycles. The Morgan fingerprint density at radius 2 is 2.26 bits per heavy atom. The van der Waals surface area contributed by atoms with E-state index in [2.05, 4.69) is 21.0 Å². The van der Waals surface area contributed by atoms with Crippen molar-refractivity contribution in [3.63, 3.8) is 0 Å². The highest BCUT2D eigenvalue weighted by atomic mass is 79.9. The lowest BCUT2D eigenvalue weighted by molar-refractivity contribution is 0.0526. The molecule has 100 valence electrons. The zero-order valence-electron chi connectivity index (χ0n) is 10.3. The van der Waals surface area contributed by atoms with Gasteiger partial charge in [-0.1, -0.05) is 15.9 Å². The van der Waals surface area contributed by atoms with E-state index in [0.29, 0.717) is 23.2 Å². The van der Waals surface area contributed by atoms with E-state index in [4.69, 9.17) is 4.74 Å². The Hall–Kier alpha value is -1.69. The number of rotatable bonds is 4. The number of halogens is 2. The molecule has 1 aromatic heterocycles. The summed E-state index contributed by atoms with van der Waals surface area (Å²) in [7, 11) is 0. The Morgan fingerprint density at radius 3 is 2.95 bits per heavy atom. The Bertz CT molecular complexity index is 578. The van der Waals surface area contributed by atoms with Crippen LogP contribution in [0, 0.1) is 5.82 Å². The topological polar surface area (TPSA) is 44.1 Å². The molecule has 0 bridgehead atoms. The van der Waals surface area contributed by atoms with Crippen molar-refractivity contribution < 1.29 is 13.9 Å². The second-order valence-electron chi connectivity index (χ2n) is 3.92. The maximum atomic E-state index is 13.2. The standard InChI is InChI=1S/C13H12BrFN2O2/c1-2-19-13(18)10-6-16-17(8-10)7-9-3-11(14)5-12(15)4-9/h3-6,8H,2,7H2,1H3. The van der Waals surface area contributed by atoms with Gasteiger partial charge in [-0.05, 0) is 30.7 Å². The van der Waals surface area contributed by atoms with E-state index in [-0.39, 0.29) is 5.82 Å². The fourth-order valence-electron chi connectivity index (χ4n) is 1.66. The SMILES string of the molecule is CCOC(=O)c1cnn(Cc2cc(F)cc(Br)c2)c1. The van der Waals surface area contributed by atoms with Gasteiger partial charge in [0.2, 0.25) is 0 Å². The van der Waals surface area contributed by atoms with Crippen LogP contribution in [0.5, 0.6) is 0 Å².